The van der Waals surface area contributed by atoms with Crippen molar-refractivity contribution >= 4 is 11.6 Å². The summed E-state index contributed by atoms with van der Waals surface area (Å²) in [4.78, 5) is 0. The van der Waals surface area contributed by atoms with Gasteiger partial charge in [0.15, 0.2) is 0 Å². The fourth-order valence-corrected chi connectivity index (χ4v) is 3.40. The van der Waals surface area contributed by atoms with Crippen molar-refractivity contribution in [3.05, 3.63) is 0 Å². The van der Waals surface area contributed by atoms with Gasteiger partial charge < -0.3 is 5.11 Å². The molecule has 3 atom stereocenters. The summed E-state index contributed by atoms with van der Waals surface area (Å²) in [7, 11) is 0. The van der Waals surface area contributed by atoms with Crippen LogP contribution in [0.5, 0.6) is 0 Å². The summed E-state index contributed by atoms with van der Waals surface area (Å²) in [6.07, 6.45) is 7.79. The molecule has 2 aliphatic carbocycles. The molecule has 2 fully saturated rings. The molecule has 1 N–H and O–H groups in total. The SMILES string of the molecule is O[C@]12CCCC[C@H]1[C@@H](Cl)CCC2. The van der Waals surface area contributed by atoms with E-state index in [9.17, 15) is 5.11 Å². The molecule has 0 heterocycles. The monoisotopic (exact) mass is 188 g/mol. The van der Waals surface area contributed by atoms with Crippen molar-refractivity contribution in [1.29, 1.82) is 0 Å². The van der Waals surface area contributed by atoms with E-state index in [2.05, 4.69) is 0 Å². The fraction of sp³-hybridized carbons (Fsp3) is 1.00. The molecule has 12 heavy (non-hydrogen) atoms. The zero-order valence-electron chi connectivity index (χ0n) is 7.43. The molecule has 0 aromatic heterocycles. The predicted molar refractivity (Wildman–Crippen MR) is 50.4 cm³/mol. The minimum Gasteiger partial charge on any atom is -0.390 e. The fourth-order valence-electron chi connectivity index (χ4n) is 2.88. The van der Waals surface area contributed by atoms with E-state index in [1.807, 2.05) is 0 Å². The van der Waals surface area contributed by atoms with Crippen LogP contribution in [0.15, 0.2) is 0 Å². The maximum atomic E-state index is 10.3. The Morgan fingerprint density at radius 2 is 1.83 bits per heavy atom. The molecule has 0 aromatic rings. The molecule has 2 aliphatic rings. The van der Waals surface area contributed by atoms with Gasteiger partial charge in [-0.05, 0) is 32.1 Å². The van der Waals surface area contributed by atoms with Crippen LogP contribution in [0.3, 0.4) is 0 Å². The highest BCUT2D eigenvalue weighted by atomic mass is 35.5. The van der Waals surface area contributed by atoms with Gasteiger partial charge in [-0.1, -0.05) is 12.8 Å². The largest absolute Gasteiger partial charge is 0.390 e. The highest BCUT2D eigenvalue weighted by molar-refractivity contribution is 6.20. The third-order valence-corrected chi connectivity index (χ3v) is 4.11. The first kappa shape index (κ1) is 8.83. The first-order valence-electron chi connectivity index (χ1n) is 5.09. The molecule has 0 aromatic carbocycles. The van der Waals surface area contributed by atoms with Crippen LogP contribution in [-0.2, 0) is 0 Å². The number of halogens is 1. The number of alkyl halides is 1. The van der Waals surface area contributed by atoms with E-state index in [1.54, 1.807) is 0 Å². The van der Waals surface area contributed by atoms with Gasteiger partial charge in [0, 0.05) is 11.3 Å². The Morgan fingerprint density at radius 1 is 1.08 bits per heavy atom. The molecular formula is C10H17ClO. The molecule has 0 spiro atoms. The van der Waals surface area contributed by atoms with Crippen LogP contribution in [0.25, 0.3) is 0 Å². The normalized spacial score (nSPS) is 48.5. The second-order valence-corrected chi connectivity index (χ2v) is 4.92. The third-order valence-electron chi connectivity index (χ3n) is 3.59. The lowest BCUT2D eigenvalue weighted by Crippen LogP contribution is -2.47. The van der Waals surface area contributed by atoms with Crippen LogP contribution in [0.4, 0.5) is 0 Å². The van der Waals surface area contributed by atoms with Crippen LogP contribution in [-0.4, -0.2) is 16.1 Å². The quantitative estimate of drug-likeness (QED) is 0.580. The van der Waals surface area contributed by atoms with E-state index in [0.29, 0.717) is 5.92 Å². The Balaban J connectivity index is 2.12. The van der Waals surface area contributed by atoms with Gasteiger partial charge in [-0.3, -0.25) is 0 Å². The van der Waals surface area contributed by atoms with Gasteiger partial charge in [0.1, 0.15) is 0 Å². The number of hydrogen-bond acceptors (Lipinski definition) is 1. The third kappa shape index (κ3) is 1.38. The first-order valence-corrected chi connectivity index (χ1v) is 5.52. The Morgan fingerprint density at radius 3 is 2.58 bits per heavy atom. The summed E-state index contributed by atoms with van der Waals surface area (Å²) in [5.74, 6) is 0.390. The number of fused-ring (bicyclic) bond motifs is 1. The second kappa shape index (κ2) is 3.19. The van der Waals surface area contributed by atoms with Gasteiger partial charge in [0.25, 0.3) is 0 Å². The van der Waals surface area contributed by atoms with Crippen molar-refractivity contribution in [2.24, 2.45) is 5.92 Å². The van der Waals surface area contributed by atoms with Crippen LogP contribution in [0, 0.1) is 5.92 Å². The Labute approximate surface area is 79.1 Å². The highest BCUT2D eigenvalue weighted by Crippen LogP contribution is 2.45. The van der Waals surface area contributed by atoms with Crippen LogP contribution >= 0.6 is 11.6 Å². The molecular weight excluding hydrogens is 172 g/mol. The minimum absolute atomic E-state index is 0.240. The van der Waals surface area contributed by atoms with Gasteiger partial charge >= 0.3 is 0 Å². The van der Waals surface area contributed by atoms with Crippen molar-refractivity contribution in [1.82, 2.24) is 0 Å². The van der Waals surface area contributed by atoms with E-state index >= 15 is 0 Å². The van der Waals surface area contributed by atoms with Gasteiger partial charge in [-0.25, -0.2) is 0 Å². The standard InChI is InChI=1S/C10H17ClO/c11-9-5-3-7-10(12)6-2-1-4-8(9)10/h8-9,12H,1-7H2/t8-,9-,10-/m0/s1. The maximum absolute atomic E-state index is 10.3. The molecule has 0 radical (unpaired) electrons. The second-order valence-electron chi connectivity index (χ2n) is 4.36. The smallest absolute Gasteiger partial charge is 0.0689 e. The Hall–Kier alpha value is 0.250. The maximum Gasteiger partial charge on any atom is 0.0689 e. The molecule has 0 unspecified atom stereocenters. The predicted octanol–water partition coefficient (Wildman–Crippen LogP) is 2.70. The number of hydrogen-bond donors (Lipinski definition) is 1. The average Bonchev–Trinajstić information content (AvgIpc) is 2.04. The van der Waals surface area contributed by atoms with Gasteiger partial charge in [0.05, 0.1) is 5.60 Å². The number of rotatable bonds is 0. The summed E-state index contributed by atoms with van der Waals surface area (Å²) in [6.45, 7) is 0. The van der Waals surface area contributed by atoms with E-state index in [1.165, 1.54) is 12.8 Å². The Bertz CT molecular complexity index is 167. The van der Waals surface area contributed by atoms with Gasteiger partial charge in [-0.2, -0.15) is 0 Å². The van der Waals surface area contributed by atoms with E-state index in [-0.39, 0.29) is 11.0 Å². The first-order chi connectivity index (χ1) is 5.72. The van der Waals surface area contributed by atoms with Crippen LogP contribution in [0.2, 0.25) is 0 Å². The summed E-state index contributed by atoms with van der Waals surface area (Å²) in [6, 6.07) is 0. The molecule has 2 heteroatoms. The zero-order valence-corrected chi connectivity index (χ0v) is 8.19. The lowest BCUT2D eigenvalue weighted by Gasteiger charge is -2.45. The molecule has 70 valence electrons. The lowest BCUT2D eigenvalue weighted by atomic mass is 9.67. The van der Waals surface area contributed by atoms with Crippen molar-refractivity contribution in [2.75, 3.05) is 0 Å². The molecule has 0 amide bonds. The van der Waals surface area contributed by atoms with E-state index in [0.717, 1.165) is 32.1 Å². The average molecular weight is 189 g/mol. The zero-order chi connectivity index (χ0) is 8.60. The van der Waals surface area contributed by atoms with Crippen LogP contribution in [0.1, 0.15) is 44.9 Å². The summed E-state index contributed by atoms with van der Waals surface area (Å²) in [5.41, 5.74) is -0.386. The molecule has 0 bridgehead atoms. The molecule has 2 saturated carbocycles. The summed E-state index contributed by atoms with van der Waals surface area (Å²) in [5, 5.41) is 10.5. The highest BCUT2D eigenvalue weighted by Gasteiger charge is 2.44. The topological polar surface area (TPSA) is 20.2 Å². The van der Waals surface area contributed by atoms with Crippen molar-refractivity contribution < 1.29 is 5.11 Å². The van der Waals surface area contributed by atoms with Crippen LogP contribution < -0.4 is 0 Å². The van der Waals surface area contributed by atoms with E-state index in [4.69, 9.17) is 11.6 Å². The molecule has 1 nitrogen and oxygen atoms in total. The van der Waals surface area contributed by atoms with Gasteiger partial charge in [-0.15, -0.1) is 11.6 Å². The van der Waals surface area contributed by atoms with Crippen molar-refractivity contribution in [2.45, 2.75) is 55.9 Å². The van der Waals surface area contributed by atoms with Crippen molar-refractivity contribution in [3.63, 3.8) is 0 Å². The molecule has 0 saturated heterocycles. The molecule has 2 rings (SSSR count). The van der Waals surface area contributed by atoms with Crippen molar-refractivity contribution in [3.8, 4) is 0 Å². The van der Waals surface area contributed by atoms with E-state index < -0.39 is 0 Å². The number of aliphatic hydroxyl groups is 1. The lowest BCUT2D eigenvalue weighted by molar-refractivity contribution is -0.0724. The van der Waals surface area contributed by atoms with Gasteiger partial charge in [0.2, 0.25) is 0 Å². The molecule has 0 aliphatic heterocycles. The summed E-state index contributed by atoms with van der Waals surface area (Å²) >= 11 is 6.22. The summed E-state index contributed by atoms with van der Waals surface area (Å²) < 4.78 is 0. The Kier molecular flexibility index (Phi) is 2.35. The minimum atomic E-state index is -0.386.